The van der Waals surface area contributed by atoms with E-state index in [1.54, 1.807) is 0 Å². The minimum Gasteiger partial charge on any atom is -0.507 e. The van der Waals surface area contributed by atoms with E-state index < -0.39 is 35.8 Å². The molecule has 0 saturated heterocycles. The number of benzene rings is 1. The molecule has 3 heterocycles. The van der Waals surface area contributed by atoms with E-state index in [2.05, 4.69) is 5.32 Å². The molecule has 12 heteroatoms. The second-order valence-electron chi connectivity index (χ2n) is 6.74. The number of hydrogen-bond donors (Lipinski definition) is 4. The van der Waals surface area contributed by atoms with E-state index in [1.807, 2.05) is 0 Å². The number of thiophene rings is 1. The SMILES string of the molecule is O=C(O)C(=O)Nc1sc2c(c1C(=O)O)CCOC2CN1C(=O)c2cccc(O)c2C1=O. The number of aliphatic carboxylic acids is 1. The number of carboxylic acids is 2. The molecule has 0 fully saturated rings. The summed E-state index contributed by atoms with van der Waals surface area (Å²) >= 11 is 0.817. The third-order valence-corrected chi connectivity index (χ3v) is 6.20. The highest BCUT2D eigenvalue weighted by Crippen LogP contribution is 2.42. The number of amides is 3. The number of nitrogens with one attached hydrogen (secondary N) is 1. The van der Waals surface area contributed by atoms with Gasteiger partial charge in [0.15, 0.2) is 0 Å². The topological polar surface area (TPSA) is 171 Å². The van der Waals surface area contributed by atoms with Gasteiger partial charge in [0.25, 0.3) is 11.8 Å². The summed E-state index contributed by atoms with van der Waals surface area (Å²) in [6, 6.07) is 4.14. The summed E-state index contributed by atoms with van der Waals surface area (Å²) in [7, 11) is 0. The number of phenolic OH excluding ortho intramolecular Hbond substituents is 1. The van der Waals surface area contributed by atoms with Crippen LogP contribution in [0.2, 0.25) is 0 Å². The van der Waals surface area contributed by atoms with Gasteiger partial charge in [-0.05, 0) is 24.1 Å². The predicted molar refractivity (Wildman–Crippen MR) is 103 cm³/mol. The molecule has 11 nitrogen and oxygen atoms in total. The fourth-order valence-corrected chi connectivity index (χ4v) is 4.90. The van der Waals surface area contributed by atoms with Crippen LogP contribution < -0.4 is 5.32 Å². The molecule has 160 valence electrons. The summed E-state index contributed by atoms with van der Waals surface area (Å²) in [6.45, 7) is -0.153. The second-order valence-corrected chi connectivity index (χ2v) is 7.80. The van der Waals surface area contributed by atoms with E-state index in [0.717, 1.165) is 16.2 Å². The van der Waals surface area contributed by atoms with Crippen molar-refractivity contribution >= 4 is 46.0 Å². The van der Waals surface area contributed by atoms with Gasteiger partial charge in [0.2, 0.25) is 0 Å². The molecule has 1 unspecified atom stereocenters. The van der Waals surface area contributed by atoms with Crippen molar-refractivity contribution in [2.45, 2.75) is 12.5 Å². The van der Waals surface area contributed by atoms with Gasteiger partial charge in [0.1, 0.15) is 16.9 Å². The van der Waals surface area contributed by atoms with Gasteiger partial charge in [0, 0.05) is 4.88 Å². The lowest BCUT2D eigenvalue weighted by atomic mass is 10.0. The number of imide groups is 1. The first kappa shape index (κ1) is 20.5. The van der Waals surface area contributed by atoms with Crippen molar-refractivity contribution in [2.24, 2.45) is 0 Å². The molecule has 2 aliphatic rings. The zero-order valence-corrected chi connectivity index (χ0v) is 16.4. The fourth-order valence-electron chi connectivity index (χ4n) is 3.62. The van der Waals surface area contributed by atoms with Crippen LogP contribution in [-0.2, 0) is 20.7 Å². The number of carbonyl (C=O) groups excluding carboxylic acids is 3. The average molecular weight is 446 g/mol. The van der Waals surface area contributed by atoms with Crippen molar-refractivity contribution in [3.05, 3.63) is 45.3 Å². The van der Waals surface area contributed by atoms with Gasteiger partial charge in [-0.1, -0.05) is 6.07 Å². The lowest BCUT2D eigenvalue weighted by Gasteiger charge is -2.26. The Morgan fingerprint density at radius 1 is 1.19 bits per heavy atom. The van der Waals surface area contributed by atoms with Crippen LogP contribution in [-0.4, -0.2) is 63.0 Å². The predicted octanol–water partition coefficient (Wildman–Crippen LogP) is 1.08. The number of carbonyl (C=O) groups is 5. The number of anilines is 1. The van der Waals surface area contributed by atoms with Crippen LogP contribution in [0.4, 0.5) is 5.00 Å². The Balaban J connectivity index is 1.68. The Morgan fingerprint density at radius 2 is 1.94 bits per heavy atom. The first-order valence-electron chi connectivity index (χ1n) is 8.93. The lowest BCUT2D eigenvalue weighted by molar-refractivity contribution is -0.147. The minimum absolute atomic E-state index is 0.0489. The monoisotopic (exact) mass is 446 g/mol. The molecule has 1 atom stereocenters. The Kier molecular flexibility index (Phi) is 4.95. The molecule has 0 spiro atoms. The van der Waals surface area contributed by atoms with Gasteiger partial charge in [-0.25, -0.2) is 9.59 Å². The highest BCUT2D eigenvalue weighted by atomic mass is 32.1. The van der Waals surface area contributed by atoms with E-state index >= 15 is 0 Å². The Hall–Kier alpha value is -3.77. The summed E-state index contributed by atoms with van der Waals surface area (Å²) in [5.74, 6) is -6.18. The zero-order chi connectivity index (χ0) is 22.4. The summed E-state index contributed by atoms with van der Waals surface area (Å²) < 4.78 is 5.67. The Labute approximate surface area is 177 Å². The number of hydrogen-bond acceptors (Lipinski definition) is 8. The van der Waals surface area contributed by atoms with E-state index in [9.17, 15) is 34.2 Å². The van der Waals surface area contributed by atoms with Crippen molar-refractivity contribution in [1.82, 2.24) is 4.90 Å². The van der Waals surface area contributed by atoms with Crippen molar-refractivity contribution in [3.8, 4) is 5.75 Å². The first-order valence-corrected chi connectivity index (χ1v) is 9.75. The van der Waals surface area contributed by atoms with Crippen LogP contribution in [0.3, 0.4) is 0 Å². The number of aromatic carboxylic acids is 1. The van der Waals surface area contributed by atoms with Gasteiger partial charge in [-0.15, -0.1) is 11.3 Å². The number of fused-ring (bicyclic) bond motifs is 2. The van der Waals surface area contributed by atoms with Crippen molar-refractivity contribution < 1.29 is 44.0 Å². The largest absolute Gasteiger partial charge is 0.507 e. The molecule has 3 amide bonds. The molecule has 4 rings (SSSR count). The van der Waals surface area contributed by atoms with Crippen molar-refractivity contribution in [1.29, 1.82) is 0 Å². The van der Waals surface area contributed by atoms with Gasteiger partial charge < -0.3 is 25.4 Å². The maximum Gasteiger partial charge on any atom is 0.394 e. The van der Waals surface area contributed by atoms with Crippen LogP contribution in [0.5, 0.6) is 5.75 Å². The van der Waals surface area contributed by atoms with Crippen LogP contribution in [0.15, 0.2) is 18.2 Å². The molecule has 1 aromatic heterocycles. The van der Waals surface area contributed by atoms with E-state index in [4.69, 9.17) is 9.84 Å². The molecule has 31 heavy (non-hydrogen) atoms. The summed E-state index contributed by atoms with van der Waals surface area (Å²) in [5.41, 5.74) is 0.0278. The van der Waals surface area contributed by atoms with Crippen molar-refractivity contribution in [3.63, 3.8) is 0 Å². The third kappa shape index (κ3) is 3.31. The van der Waals surface area contributed by atoms with Gasteiger partial charge in [-0.3, -0.25) is 19.3 Å². The van der Waals surface area contributed by atoms with Crippen LogP contribution in [0.25, 0.3) is 0 Å². The third-order valence-electron chi connectivity index (χ3n) is 4.96. The molecule has 1 aromatic carbocycles. The Bertz CT molecular complexity index is 1170. The molecule has 4 N–H and O–H groups in total. The van der Waals surface area contributed by atoms with Crippen LogP contribution >= 0.6 is 11.3 Å². The number of rotatable bonds is 4. The molecular formula is C19H14N2O9S. The smallest absolute Gasteiger partial charge is 0.394 e. The Morgan fingerprint density at radius 3 is 2.58 bits per heavy atom. The molecular weight excluding hydrogens is 432 g/mol. The number of carboxylic acid groups (broad SMARTS) is 2. The molecule has 0 saturated carbocycles. The molecule has 0 bridgehead atoms. The van der Waals surface area contributed by atoms with Crippen LogP contribution in [0, 0.1) is 0 Å². The number of nitrogens with zero attached hydrogens (tertiary/aromatic N) is 1. The summed E-state index contributed by atoms with van der Waals surface area (Å²) in [6.07, 6.45) is -0.692. The van der Waals surface area contributed by atoms with E-state index in [0.29, 0.717) is 10.4 Å². The van der Waals surface area contributed by atoms with Gasteiger partial charge in [-0.2, -0.15) is 0 Å². The molecule has 0 radical (unpaired) electrons. The molecule has 2 aromatic rings. The minimum atomic E-state index is -1.78. The average Bonchev–Trinajstić information content (AvgIpc) is 3.20. The quantitative estimate of drug-likeness (QED) is 0.396. The normalized spacial score (nSPS) is 17.3. The first-order chi connectivity index (χ1) is 14.7. The zero-order valence-electron chi connectivity index (χ0n) is 15.6. The van der Waals surface area contributed by atoms with E-state index in [-0.39, 0.29) is 47.0 Å². The lowest BCUT2D eigenvalue weighted by Crippen LogP contribution is -2.36. The summed E-state index contributed by atoms with van der Waals surface area (Å²) in [5, 5.41) is 30.2. The summed E-state index contributed by atoms with van der Waals surface area (Å²) in [4.78, 5) is 60.8. The van der Waals surface area contributed by atoms with E-state index in [1.165, 1.54) is 18.2 Å². The standard InChI is InChI=1S/C19H14N2O9S/c22-9-3-1-2-8-11(9)17(25)21(16(8)24)6-10-13-7(4-5-30-10)12(18(26)27)15(31-13)20-14(23)19(28)29/h1-3,10,22H,4-6H2,(H,20,23)(H,26,27)(H,28,29). The number of aromatic hydroxyl groups is 1. The van der Waals surface area contributed by atoms with Crippen molar-refractivity contribution in [2.75, 3.05) is 18.5 Å². The highest BCUT2D eigenvalue weighted by Gasteiger charge is 2.41. The fraction of sp³-hybridized carbons (Fsp3) is 0.211. The molecule has 0 aliphatic carbocycles. The maximum atomic E-state index is 12.7. The van der Waals surface area contributed by atoms with Gasteiger partial charge in [0.05, 0.1) is 29.8 Å². The van der Waals surface area contributed by atoms with Crippen LogP contribution in [0.1, 0.15) is 47.6 Å². The maximum absolute atomic E-state index is 12.7. The number of ether oxygens (including phenoxy) is 1. The molecule has 2 aliphatic heterocycles. The number of phenols is 1. The second kappa shape index (κ2) is 7.49. The highest BCUT2D eigenvalue weighted by molar-refractivity contribution is 7.17. The van der Waals surface area contributed by atoms with Gasteiger partial charge >= 0.3 is 17.8 Å².